The Morgan fingerprint density at radius 3 is 2.18 bits per heavy atom. The summed E-state index contributed by atoms with van der Waals surface area (Å²) in [6.07, 6.45) is 2.35. The Bertz CT molecular complexity index is 1030. The molecule has 2 atom stereocenters. The molecule has 3 aliphatic rings. The van der Waals surface area contributed by atoms with Gasteiger partial charge in [-0.1, -0.05) is 48.5 Å². The summed E-state index contributed by atoms with van der Waals surface area (Å²) >= 11 is 0. The molecule has 0 spiro atoms. The molecule has 2 amide bonds. The summed E-state index contributed by atoms with van der Waals surface area (Å²) in [7, 11) is 0. The number of ether oxygens (including phenoxy) is 1. The molecule has 172 valence electrons. The maximum absolute atomic E-state index is 12.6. The number of alkyl carbamates (subject to hydrolysis) is 1. The SMILES string of the molecule is O=C(NCC(CC(=O)N1CCC1C(=O)O)C1CC1)OCC1c2ccccc2-c2ccccc21. The molecular weight excluding hydrogens is 420 g/mol. The molecule has 2 N–H and O–H groups in total. The fraction of sp³-hybridized carbons (Fsp3) is 0.423. The predicted molar refractivity (Wildman–Crippen MR) is 122 cm³/mol. The molecule has 1 heterocycles. The molecule has 0 radical (unpaired) electrons. The van der Waals surface area contributed by atoms with Gasteiger partial charge in [-0.3, -0.25) is 4.79 Å². The summed E-state index contributed by atoms with van der Waals surface area (Å²) in [5.41, 5.74) is 4.69. The van der Waals surface area contributed by atoms with Crippen molar-refractivity contribution in [3.63, 3.8) is 0 Å². The van der Waals surface area contributed by atoms with E-state index in [1.165, 1.54) is 16.0 Å². The van der Waals surface area contributed by atoms with Crippen LogP contribution in [-0.4, -0.2) is 53.7 Å². The van der Waals surface area contributed by atoms with E-state index in [0.717, 1.165) is 24.0 Å². The first-order valence-corrected chi connectivity index (χ1v) is 11.6. The van der Waals surface area contributed by atoms with Crippen molar-refractivity contribution in [2.24, 2.45) is 11.8 Å². The minimum Gasteiger partial charge on any atom is -0.480 e. The molecule has 1 saturated carbocycles. The third kappa shape index (κ3) is 4.32. The Kier molecular flexibility index (Phi) is 5.79. The number of rotatable bonds is 8. The maximum atomic E-state index is 12.6. The minimum atomic E-state index is -0.950. The molecule has 1 aliphatic heterocycles. The van der Waals surface area contributed by atoms with Crippen molar-refractivity contribution in [2.45, 2.75) is 37.6 Å². The lowest BCUT2D eigenvalue weighted by molar-refractivity contribution is -0.157. The first kappa shape index (κ1) is 21.5. The molecule has 0 aromatic heterocycles. The van der Waals surface area contributed by atoms with Crippen molar-refractivity contribution in [1.82, 2.24) is 10.2 Å². The highest BCUT2D eigenvalue weighted by atomic mass is 16.5. The maximum Gasteiger partial charge on any atom is 0.407 e. The van der Waals surface area contributed by atoms with Crippen LogP contribution < -0.4 is 5.32 Å². The Morgan fingerprint density at radius 2 is 1.64 bits per heavy atom. The van der Waals surface area contributed by atoms with Crippen molar-refractivity contribution in [1.29, 1.82) is 0 Å². The molecule has 2 unspecified atom stereocenters. The van der Waals surface area contributed by atoms with E-state index in [9.17, 15) is 19.5 Å². The number of likely N-dealkylation sites (tertiary alicyclic amines) is 1. The second-order valence-corrected chi connectivity index (χ2v) is 9.24. The number of amides is 2. The molecule has 7 nitrogen and oxygen atoms in total. The number of hydrogen-bond donors (Lipinski definition) is 2. The minimum absolute atomic E-state index is 0.00308. The number of carbonyl (C=O) groups excluding carboxylic acids is 2. The number of fused-ring (bicyclic) bond motifs is 3. The zero-order valence-corrected chi connectivity index (χ0v) is 18.4. The van der Waals surface area contributed by atoms with Gasteiger partial charge in [0.2, 0.25) is 5.91 Å². The van der Waals surface area contributed by atoms with Crippen LogP contribution in [0.5, 0.6) is 0 Å². The van der Waals surface area contributed by atoms with Gasteiger partial charge < -0.3 is 20.1 Å². The number of carboxylic acids is 1. The van der Waals surface area contributed by atoms with E-state index in [1.54, 1.807) is 0 Å². The van der Waals surface area contributed by atoms with Crippen molar-refractivity contribution >= 4 is 18.0 Å². The van der Waals surface area contributed by atoms with E-state index in [4.69, 9.17) is 4.74 Å². The van der Waals surface area contributed by atoms with Crippen LogP contribution in [0.4, 0.5) is 4.79 Å². The summed E-state index contributed by atoms with van der Waals surface area (Å²) < 4.78 is 5.60. The van der Waals surface area contributed by atoms with Crippen molar-refractivity contribution in [2.75, 3.05) is 19.7 Å². The first-order valence-electron chi connectivity index (χ1n) is 11.6. The summed E-state index contributed by atoms with van der Waals surface area (Å²) in [5.74, 6) is -0.682. The largest absolute Gasteiger partial charge is 0.480 e. The molecule has 7 heteroatoms. The predicted octanol–water partition coefficient (Wildman–Crippen LogP) is 3.63. The monoisotopic (exact) mass is 448 g/mol. The summed E-state index contributed by atoms with van der Waals surface area (Å²) in [6, 6.07) is 15.7. The average molecular weight is 449 g/mol. The number of aliphatic carboxylic acids is 1. The third-order valence-corrected chi connectivity index (χ3v) is 7.20. The summed E-state index contributed by atoms with van der Waals surface area (Å²) in [4.78, 5) is 37.7. The lowest BCUT2D eigenvalue weighted by atomic mass is 9.95. The van der Waals surface area contributed by atoms with Crippen molar-refractivity contribution in [3.8, 4) is 11.1 Å². The van der Waals surface area contributed by atoms with Crippen LogP contribution in [0.3, 0.4) is 0 Å². The lowest BCUT2D eigenvalue weighted by Crippen LogP contribution is -2.55. The lowest BCUT2D eigenvalue weighted by Gasteiger charge is -2.38. The van der Waals surface area contributed by atoms with E-state index in [-0.39, 0.29) is 30.8 Å². The molecule has 2 aromatic carbocycles. The molecule has 2 fully saturated rings. The molecule has 1 saturated heterocycles. The van der Waals surface area contributed by atoms with Gasteiger partial charge in [0.1, 0.15) is 12.6 Å². The van der Waals surface area contributed by atoms with Gasteiger partial charge in [0.15, 0.2) is 0 Å². The van der Waals surface area contributed by atoms with Gasteiger partial charge in [-0.05, 0) is 53.4 Å². The van der Waals surface area contributed by atoms with Gasteiger partial charge in [-0.25, -0.2) is 9.59 Å². The fourth-order valence-electron chi connectivity index (χ4n) is 5.12. The first-order chi connectivity index (χ1) is 16.0. The van der Waals surface area contributed by atoms with Crippen LogP contribution in [0.1, 0.15) is 42.7 Å². The molecular formula is C26H28N2O5. The number of carboxylic acid groups (broad SMARTS) is 1. The Labute approximate surface area is 192 Å². The molecule has 2 aliphatic carbocycles. The van der Waals surface area contributed by atoms with Crippen molar-refractivity contribution < 1.29 is 24.2 Å². The number of carbonyl (C=O) groups is 3. The van der Waals surface area contributed by atoms with Gasteiger partial charge in [0, 0.05) is 25.4 Å². The van der Waals surface area contributed by atoms with Gasteiger partial charge in [-0.2, -0.15) is 0 Å². The molecule has 2 aromatic rings. The second kappa shape index (κ2) is 8.89. The molecule has 33 heavy (non-hydrogen) atoms. The smallest absolute Gasteiger partial charge is 0.407 e. The summed E-state index contributed by atoms with van der Waals surface area (Å²) in [6.45, 7) is 1.10. The topological polar surface area (TPSA) is 95.9 Å². The highest BCUT2D eigenvalue weighted by molar-refractivity contribution is 5.85. The normalized spacial score (nSPS) is 19.8. The number of nitrogens with one attached hydrogen (secondary N) is 1. The number of hydrogen-bond acceptors (Lipinski definition) is 4. The zero-order valence-electron chi connectivity index (χ0n) is 18.4. The van der Waals surface area contributed by atoms with Crippen molar-refractivity contribution in [3.05, 3.63) is 59.7 Å². The summed E-state index contributed by atoms with van der Waals surface area (Å²) in [5, 5.41) is 12.0. The van der Waals surface area contributed by atoms with E-state index < -0.39 is 18.1 Å². The van der Waals surface area contributed by atoms with Gasteiger partial charge in [-0.15, -0.1) is 0 Å². The Hall–Kier alpha value is -3.35. The standard InChI is InChI=1S/C26H28N2O5/c29-24(28-12-11-23(28)25(30)31)13-17(16-9-10-16)14-27-26(32)33-15-22-20-7-3-1-5-18(20)19-6-2-4-8-21(19)22/h1-8,16-17,22-23H,9-15H2,(H,27,32)(H,30,31). The van der Waals surface area contributed by atoms with E-state index in [1.807, 2.05) is 24.3 Å². The quantitative estimate of drug-likeness (QED) is 0.643. The van der Waals surface area contributed by atoms with E-state index in [0.29, 0.717) is 25.4 Å². The number of nitrogens with zero attached hydrogens (tertiary/aromatic N) is 1. The van der Waals surface area contributed by atoms with Crippen LogP contribution in [0.25, 0.3) is 11.1 Å². The van der Waals surface area contributed by atoms with Gasteiger partial charge in [0.25, 0.3) is 0 Å². The second-order valence-electron chi connectivity index (χ2n) is 9.24. The van der Waals surface area contributed by atoms with Crippen LogP contribution in [0, 0.1) is 11.8 Å². The molecule has 5 rings (SSSR count). The Morgan fingerprint density at radius 1 is 1.00 bits per heavy atom. The average Bonchev–Trinajstić information content (AvgIpc) is 3.57. The Balaban J connectivity index is 1.15. The zero-order chi connectivity index (χ0) is 22.9. The van der Waals surface area contributed by atoms with E-state index in [2.05, 4.69) is 29.6 Å². The molecule has 0 bridgehead atoms. The fourth-order valence-corrected chi connectivity index (χ4v) is 5.12. The van der Waals surface area contributed by atoms with Gasteiger partial charge in [0.05, 0.1) is 0 Å². The third-order valence-electron chi connectivity index (χ3n) is 7.20. The van der Waals surface area contributed by atoms with Crippen LogP contribution in [-0.2, 0) is 14.3 Å². The highest BCUT2D eigenvalue weighted by Crippen LogP contribution is 2.44. The highest BCUT2D eigenvalue weighted by Gasteiger charge is 2.40. The number of benzene rings is 2. The van der Waals surface area contributed by atoms with Crippen LogP contribution in [0.15, 0.2) is 48.5 Å². The van der Waals surface area contributed by atoms with E-state index >= 15 is 0 Å². The van der Waals surface area contributed by atoms with Gasteiger partial charge >= 0.3 is 12.1 Å². The van der Waals surface area contributed by atoms with Crippen LogP contribution >= 0.6 is 0 Å². The van der Waals surface area contributed by atoms with Crippen LogP contribution in [0.2, 0.25) is 0 Å².